The van der Waals surface area contributed by atoms with Crippen LogP contribution in [0.15, 0.2) is 59.5 Å². The highest BCUT2D eigenvalue weighted by molar-refractivity contribution is 5.99. The van der Waals surface area contributed by atoms with Gasteiger partial charge in [-0.15, -0.1) is 0 Å². The number of carbonyl (C=O) groups is 2. The first-order chi connectivity index (χ1) is 18.4. The first kappa shape index (κ1) is 25.6. The van der Waals surface area contributed by atoms with Crippen LogP contribution >= 0.6 is 0 Å². The monoisotopic (exact) mass is 521 g/mol. The molecule has 1 N–H and O–H groups in total. The molecule has 2 bridgehead atoms. The van der Waals surface area contributed by atoms with Crippen LogP contribution < -0.4 is 15.5 Å². The normalized spacial score (nSPS) is 18.5. The van der Waals surface area contributed by atoms with Crippen molar-refractivity contribution in [2.75, 3.05) is 6.54 Å². The SMILES string of the molecule is CC[C@H]1CCC[C@H]2CN1C(=O)c1c(OCc3ccccc3)c(=O)c(C(=O)NCc3ccc(F)cc3F)cn12. The van der Waals surface area contributed by atoms with Gasteiger partial charge in [0.05, 0.1) is 6.04 Å². The maximum absolute atomic E-state index is 14.1. The van der Waals surface area contributed by atoms with Crippen LogP contribution in [0.5, 0.6) is 5.75 Å². The summed E-state index contributed by atoms with van der Waals surface area (Å²) in [5, 5.41) is 2.55. The summed E-state index contributed by atoms with van der Waals surface area (Å²) in [5.41, 5.74) is 0.143. The molecule has 2 aliphatic rings. The molecule has 3 heterocycles. The van der Waals surface area contributed by atoms with Crippen LogP contribution in [0.1, 0.15) is 70.6 Å². The van der Waals surface area contributed by atoms with E-state index in [0.717, 1.165) is 43.4 Å². The van der Waals surface area contributed by atoms with Crippen LogP contribution in [-0.4, -0.2) is 33.9 Å². The van der Waals surface area contributed by atoms with Gasteiger partial charge in [0.25, 0.3) is 11.8 Å². The van der Waals surface area contributed by atoms with Gasteiger partial charge in [-0.3, -0.25) is 14.4 Å². The van der Waals surface area contributed by atoms with Crippen LogP contribution in [0.3, 0.4) is 0 Å². The van der Waals surface area contributed by atoms with Crippen molar-refractivity contribution in [3.8, 4) is 5.75 Å². The van der Waals surface area contributed by atoms with Crippen molar-refractivity contribution in [1.29, 1.82) is 0 Å². The van der Waals surface area contributed by atoms with E-state index in [1.807, 2.05) is 42.2 Å². The third-order valence-electron chi connectivity index (χ3n) is 7.37. The second-order valence-corrected chi connectivity index (χ2v) is 9.75. The molecule has 0 unspecified atom stereocenters. The predicted octanol–water partition coefficient (Wildman–Crippen LogP) is 4.59. The van der Waals surface area contributed by atoms with Crippen molar-refractivity contribution in [3.63, 3.8) is 0 Å². The summed E-state index contributed by atoms with van der Waals surface area (Å²) in [4.78, 5) is 42.3. The second-order valence-electron chi connectivity index (χ2n) is 9.75. The van der Waals surface area contributed by atoms with Crippen molar-refractivity contribution >= 4 is 11.8 Å². The van der Waals surface area contributed by atoms with Crippen molar-refractivity contribution in [2.24, 2.45) is 0 Å². The number of amides is 2. The summed E-state index contributed by atoms with van der Waals surface area (Å²) in [6.07, 6.45) is 4.80. The Labute approximate surface area is 219 Å². The quantitative estimate of drug-likeness (QED) is 0.493. The van der Waals surface area contributed by atoms with Gasteiger partial charge in [-0.1, -0.05) is 43.3 Å². The Bertz CT molecular complexity index is 1420. The number of hydrogen-bond donors (Lipinski definition) is 1. The summed E-state index contributed by atoms with van der Waals surface area (Å²) in [7, 11) is 0. The van der Waals surface area contributed by atoms with E-state index in [4.69, 9.17) is 4.74 Å². The maximum Gasteiger partial charge on any atom is 0.274 e. The van der Waals surface area contributed by atoms with E-state index in [9.17, 15) is 23.2 Å². The predicted molar refractivity (Wildman–Crippen MR) is 137 cm³/mol. The number of hydrogen-bond acceptors (Lipinski definition) is 4. The van der Waals surface area contributed by atoms with Gasteiger partial charge in [-0.2, -0.15) is 0 Å². The Balaban J connectivity index is 1.53. The fraction of sp³-hybridized carbons (Fsp3) is 0.345. The van der Waals surface area contributed by atoms with Gasteiger partial charge < -0.3 is 19.5 Å². The number of fused-ring (bicyclic) bond motifs is 4. The number of carbonyl (C=O) groups excluding carboxylic acids is 2. The molecule has 38 heavy (non-hydrogen) atoms. The molecule has 0 aliphatic carbocycles. The summed E-state index contributed by atoms with van der Waals surface area (Å²) in [5.74, 6) is -2.69. The number of benzene rings is 2. The summed E-state index contributed by atoms with van der Waals surface area (Å²) in [6.45, 7) is 2.35. The minimum absolute atomic E-state index is 0.0457. The van der Waals surface area contributed by atoms with Crippen molar-refractivity contribution in [1.82, 2.24) is 14.8 Å². The number of halogens is 2. The molecular weight excluding hydrogens is 492 g/mol. The molecule has 1 saturated heterocycles. The fourth-order valence-electron chi connectivity index (χ4n) is 5.31. The molecule has 2 aliphatic heterocycles. The lowest BCUT2D eigenvalue weighted by Crippen LogP contribution is -2.48. The molecule has 0 spiro atoms. The number of nitrogens with one attached hydrogen (secondary N) is 1. The second kappa shape index (κ2) is 10.8. The van der Waals surface area contributed by atoms with E-state index < -0.39 is 23.0 Å². The Hall–Kier alpha value is -4.01. The highest BCUT2D eigenvalue weighted by Crippen LogP contribution is 2.35. The van der Waals surface area contributed by atoms with Crippen molar-refractivity contribution in [3.05, 3.63) is 99.0 Å². The standard InChI is InChI=1S/C29H29F2N3O4/c1-2-21-9-6-10-22-15-34(21)29(37)25-27(38-17-18-7-4-3-5-8-18)26(35)23(16-33(22)25)28(36)32-14-19-11-12-20(30)13-24(19)31/h3-5,7-8,11-13,16,21-22H,2,6,9-10,14-15,17H2,1H3,(H,32,36)/t21-,22-/m0/s1. The molecular formula is C29H29F2N3O4. The Kier molecular flexibility index (Phi) is 7.26. The Morgan fingerprint density at radius 3 is 2.63 bits per heavy atom. The third kappa shape index (κ3) is 4.92. The van der Waals surface area contributed by atoms with Crippen LogP contribution in [0.4, 0.5) is 8.78 Å². The molecule has 2 atom stereocenters. The van der Waals surface area contributed by atoms with E-state index in [1.54, 1.807) is 4.57 Å². The lowest BCUT2D eigenvalue weighted by Gasteiger charge is -2.38. The van der Waals surface area contributed by atoms with Gasteiger partial charge in [0, 0.05) is 37.0 Å². The molecule has 2 aromatic carbocycles. The molecule has 5 rings (SSSR count). The molecule has 0 saturated carbocycles. The van der Waals surface area contributed by atoms with Gasteiger partial charge in [-0.05, 0) is 37.3 Å². The van der Waals surface area contributed by atoms with Gasteiger partial charge >= 0.3 is 0 Å². The summed E-state index contributed by atoms with van der Waals surface area (Å²) in [6, 6.07) is 12.3. The molecule has 0 radical (unpaired) electrons. The largest absolute Gasteiger partial charge is 0.483 e. The van der Waals surface area contributed by atoms with E-state index in [2.05, 4.69) is 5.32 Å². The minimum atomic E-state index is -0.797. The molecule has 198 valence electrons. The first-order valence-electron chi connectivity index (χ1n) is 12.9. The zero-order valence-corrected chi connectivity index (χ0v) is 21.1. The number of nitrogens with zero attached hydrogens (tertiary/aromatic N) is 2. The smallest absolute Gasteiger partial charge is 0.274 e. The van der Waals surface area contributed by atoms with Crippen LogP contribution in [0, 0.1) is 11.6 Å². The molecule has 7 nitrogen and oxygen atoms in total. The average molecular weight is 522 g/mol. The number of pyridine rings is 1. The molecule has 3 aromatic rings. The van der Waals surface area contributed by atoms with Gasteiger partial charge in [-0.25, -0.2) is 8.78 Å². The van der Waals surface area contributed by atoms with Gasteiger partial charge in [0.15, 0.2) is 11.4 Å². The summed E-state index contributed by atoms with van der Waals surface area (Å²) < 4.78 is 35.1. The lowest BCUT2D eigenvalue weighted by molar-refractivity contribution is 0.0579. The average Bonchev–Trinajstić information content (AvgIpc) is 3.11. The van der Waals surface area contributed by atoms with E-state index in [-0.39, 0.29) is 53.7 Å². The lowest BCUT2D eigenvalue weighted by atomic mass is 10.1. The summed E-state index contributed by atoms with van der Waals surface area (Å²) >= 11 is 0. The van der Waals surface area contributed by atoms with E-state index >= 15 is 0 Å². The number of aromatic nitrogens is 1. The van der Waals surface area contributed by atoms with Crippen LogP contribution in [0.2, 0.25) is 0 Å². The Morgan fingerprint density at radius 1 is 1.11 bits per heavy atom. The van der Waals surface area contributed by atoms with Crippen molar-refractivity contribution in [2.45, 2.75) is 57.8 Å². The highest BCUT2D eigenvalue weighted by atomic mass is 19.1. The van der Waals surface area contributed by atoms with Gasteiger partial charge in [0.2, 0.25) is 5.43 Å². The molecule has 1 fully saturated rings. The fourth-order valence-corrected chi connectivity index (χ4v) is 5.31. The topological polar surface area (TPSA) is 80.6 Å². The number of ether oxygens (including phenoxy) is 1. The Morgan fingerprint density at radius 2 is 1.89 bits per heavy atom. The maximum atomic E-state index is 14.1. The highest BCUT2D eigenvalue weighted by Gasteiger charge is 2.40. The molecule has 2 amide bonds. The van der Waals surface area contributed by atoms with Gasteiger partial charge in [0.1, 0.15) is 23.8 Å². The van der Waals surface area contributed by atoms with Crippen molar-refractivity contribution < 1.29 is 23.1 Å². The zero-order valence-electron chi connectivity index (χ0n) is 21.1. The third-order valence-corrected chi connectivity index (χ3v) is 7.37. The molecule has 1 aromatic heterocycles. The zero-order chi connectivity index (χ0) is 26.8. The minimum Gasteiger partial charge on any atom is -0.483 e. The number of rotatable bonds is 7. The van der Waals surface area contributed by atoms with E-state index in [1.165, 1.54) is 12.3 Å². The first-order valence-corrected chi connectivity index (χ1v) is 12.9. The van der Waals surface area contributed by atoms with E-state index in [0.29, 0.717) is 6.54 Å². The van der Waals surface area contributed by atoms with Crippen LogP contribution in [-0.2, 0) is 13.2 Å². The molecule has 9 heteroatoms. The van der Waals surface area contributed by atoms with Crippen LogP contribution in [0.25, 0.3) is 0 Å².